The van der Waals surface area contributed by atoms with Gasteiger partial charge in [0, 0.05) is 12.7 Å². The van der Waals surface area contributed by atoms with Gasteiger partial charge < -0.3 is 19.3 Å². The first kappa shape index (κ1) is 19.5. The van der Waals surface area contributed by atoms with Crippen molar-refractivity contribution >= 4 is 5.91 Å². The van der Waals surface area contributed by atoms with Gasteiger partial charge in [-0.15, -0.1) is 0 Å². The summed E-state index contributed by atoms with van der Waals surface area (Å²) >= 11 is 0. The van der Waals surface area contributed by atoms with E-state index in [1.165, 1.54) is 11.1 Å². The van der Waals surface area contributed by atoms with E-state index in [1.54, 1.807) is 13.3 Å². The molecule has 0 aliphatic heterocycles. The molecule has 0 aliphatic rings. The van der Waals surface area contributed by atoms with Crippen LogP contribution in [-0.2, 0) is 24.3 Å². The highest BCUT2D eigenvalue weighted by Gasteiger charge is 2.20. The molecule has 154 valence electrons. The summed E-state index contributed by atoms with van der Waals surface area (Å²) in [6.07, 6.45) is 3.39. The summed E-state index contributed by atoms with van der Waals surface area (Å²) in [5, 5.41) is 8.60. The topological polar surface area (TPSA) is 135 Å². The fourth-order valence-corrected chi connectivity index (χ4v) is 2.99. The first-order chi connectivity index (χ1) is 14.5. The van der Waals surface area contributed by atoms with E-state index in [0.29, 0.717) is 35.5 Å². The molecular weight excluding hydrogens is 388 g/mol. The van der Waals surface area contributed by atoms with E-state index in [2.05, 4.69) is 20.2 Å². The minimum absolute atomic E-state index is 0.0912. The lowest BCUT2D eigenvalue weighted by atomic mass is 10.1. The van der Waals surface area contributed by atoms with Gasteiger partial charge in [0.05, 0.1) is 24.9 Å². The van der Waals surface area contributed by atoms with E-state index in [0.717, 1.165) is 11.1 Å². The van der Waals surface area contributed by atoms with Crippen molar-refractivity contribution in [3.05, 3.63) is 71.2 Å². The van der Waals surface area contributed by atoms with Gasteiger partial charge >= 0.3 is 0 Å². The maximum atomic E-state index is 11.8. The zero-order chi connectivity index (χ0) is 21.1. The van der Waals surface area contributed by atoms with Crippen molar-refractivity contribution in [2.75, 3.05) is 7.11 Å². The Balaban J connectivity index is 1.52. The number of carbonyl (C=O) groups is 1. The van der Waals surface area contributed by atoms with Crippen molar-refractivity contribution in [1.82, 2.24) is 25.0 Å². The lowest BCUT2D eigenvalue weighted by molar-refractivity contribution is 0.0996. The van der Waals surface area contributed by atoms with E-state index in [9.17, 15) is 4.79 Å². The number of oxazole rings is 2. The number of rotatable bonds is 8. The number of nitrogens with zero attached hydrogens (tertiary/aromatic N) is 5. The number of aryl methyl sites for hydroxylation is 1. The van der Waals surface area contributed by atoms with Crippen LogP contribution in [0.25, 0.3) is 11.3 Å². The molecule has 4 rings (SSSR count). The van der Waals surface area contributed by atoms with Crippen LogP contribution in [0.3, 0.4) is 0 Å². The highest BCUT2D eigenvalue weighted by molar-refractivity contribution is 5.96. The fourth-order valence-electron chi connectivity index (χ4n) is 2.99. The number of carbonyl (C=O) groups excluding carboxylic acids is 1. The van der Waals surface area contributed by atoms with E-state index in [4.69, 9.17) is 19.3 Å². The van der Waals surface area contributed by atoms with Crippen LogP contribution >= 0.6 is 0 Å². The second kappa shape index (κ2) is 8.29. The molecule has 1 aromatic carbocycles. The average Bonchev–Trinajstić information content (AvgIpc) is 3.43. The number of methoxy groups -OCH3 is 1. The van der Waals surface area contributed by atoms with Gasteiger partial charge in [-0.05, 0) is 13.0 Å². The van der Waals surface area contributed by atoms with Crippen LogP contribution in [0, 0.1) is 6.92 Å². The number of hydrogen-bond acceptors (Lipinski definition) is 8. The Kier molecular flexibility index (Phi) is 5.40. The molecule has 0 fully saturated rings. The number of ether oxygens (including phenoxy) is 1. The van der Waals surface area contributed by atoms with Crippen LogP contribution in [0.5, 0.6) is 0 Å². The summed E-state index contributed by atoms with van der Waals surface area (Å²) in [7, 11) is 1.59. The van der Waals surface area contributed by atoms with Gasteiger partial charge in [-0.2, -0.15) is 15.0 Å². The van der Waals surface area contributed by atoms with E-state index >= 15 is 0 Å². The number of primary amides is 1. The first-order valence-corrected chi connectivity index (χ1v) is 9.19. The second-order valence-corrected chi connectivity index (χ2v) is 6.73. The molecule has 3 aromatic heterocycles. The van der Waals surface area contributed by atoms with Crippen molar-refractivity contribution < 1.29 is 18.4 Å². The molecular formula is C20H20N6O4. The lowest BCUT2D eigenvalue weighted by Gasteiger charge is -1.99. The Bertz CT molecular complexity index is 1180. The number of benzene rings is 1. The van der Waals surface area contributed by atoms with Crippen molar-refractivity contribution in [2.45, 2.75) is 26.5 Å². The van der Waals surface area contributed by atoms with Crippen LogP contribution in [-0.4, -0.2) is 38.0 Å². The molecule has 1 amide bonds. The molecule has 0 saturated heterocycles. The smallest absolute Gasteiger partial charge is 0.271 e. The van der Waals surface area contributed by atoms with E-state index < -0.39 is 5.91 Å². The van der Waals surface area contributed by atoms with Gasteiger partial charge in [-0.3, -0.25) is 4.79 Å². The number of nitrogens with two attached hydrogens (primary N) is 1. The Morgan fingerprint density at radius 1 is 1.23 bits per heavy atom. The van der Waals surface area contributed by atoms with E-state index in [-0.39, 0.29) is 18.7 Å². The minimum atomic E-state index is -0.652. The third kappa shape index (κ3) is 4.28. The van der Waals surface area contributed by atoms with Crippen LogP contribution in [0.4, 0.5) is 0 Å². The van der Waals surface area contributed by atoms with Crippen LogP contribution in [0.1, 0.15) is 39.2 Å². The quantitative estimate of drug-likeness (QED) is 0.468. The van der Waals surface area contributed by atoms with Gasteiger partial charge in [0.1, 0.15) is 18.5 Å². The summed E-state index contributed by atoms with van der Waals surface area (Å²) in [6.45, 7) is 2.60. The molecule has 0 saturated carbocycles. The Morgan fingerprint density at radius 3 is 2.87 bits per heavy atom. The predicted molar refractivity (Wildman–Crippen MR) is 104 cm³/mol. The Morgan fingerprint density at radius 2 is 2.10 bits per heavy atom. The second-order valence-electron chi connectivity index (χ2n) is 6.73. The molecule has 10 nitrogen and oxygen atoms in total. The maximum Gasteiger partial charge on any atom is 0.271 e. The normalized spacial score (nSPS) is 11.1. The SMILES string of the molecule is COCc1coc(Cn2ncc(Cc3nc(C(N)=O)c(-c4cccc(C)c4)o3)n2)n1. The van der Waals surface area contributed by atoms with Gasteiger partial charge in [0.15, 0.2) is 11.5 Å². The largest absolute Gasteiger partial charge is 0.446 e. The van der Waals surface area contributed by atoms with Crippen LogP contribution in [0.15, 0.2) is 45.6 Å². The minimum Gasteiger partial charge on any atom is -0.446 e. The van der Waals surface area contributed by atoms with Gasteiger partial charge in [0.2, 0.25) is 11.8 Å². The summed E-state index contributed by atoms with van der Waals surface area (Å²) in [4.78, 5) is 21.9. The summed E-state index contributed by atoms with van der Waals surface area (Å²) in [5.74, 6) is 0.490. The van der Waals surface area contributed by atoms with Crippen molar-refractivity contribution in [1.29, 1.82) is 0 Å². The van der Waals surface area contributed by atoms with Crippen LogP contribution < -0.4 is 5.73 Å². The number of amides is 1. The molecule has 0 aliphatic carbocycles. The Hall–Kier alpha value is -3.79. The van der Waals surface area contributed by atoms with Crippen molar-refractivity contribution in [2.24, 2.45) is 5.73 Å². The Labute approximate surface area is 171 Å². The summed E-state index contributed by atoms with van der Waals surface area (Å²) < 4.78 is 16.2. The molecule has 4 aromatic rings. The molecule has 0 bridgehead atoms. The molecule has 0 radical (unpaired) electrons. The monoisotopic (exact) mass is 408 g/mol. The van der Waals surface area contributed by atoms with Crippen molar-refractivity contribution in [3.8, 4) is 11.3 Å². The molecule has 3 heterocycles. The third-order valence-electron chi connectivity index (χ3n) is 4.27. The van der Waals surface area contributed by atoms with E-state index in [1.807, 2.05) is 31.2 Å². The molecule has 0 atom stereocenters. The fraction of sp³-hybridized carbons (Fsp3) is 0.250. The molecule has 2 N–H and O–H groups in total. The number of aromatic nitrogens is 5. The van der Waals surface area contributed by atoms with Crippen LogP contribution in [0.2, 0.25) is 0 Å². The van der Waals surface area contributed by atoms with Crippen molar-refractivity contribution in [3.63, 3.8) is 0 Å². The highest BCUT2D eigenvalue weighted by atomic mass is 16.5. The van der Waals surface area contributed by atoms with Gasteiger partial charge in [-0.25, -0.2) is 9.97 Å². The van der Waals surface area contributed by atoms with Gasteiger partial charge in [-0.1, -0.05) is 23.8 Å². The molecule has 0 spiro atoms. The average molecular weight is 408 g/mol. The molecule has 30 heavy (non-hydrogen) atoms. The molecule has 10 heteroatoms. The third-order valence-corrected chi connectivity index (χ3v) is 4.27. The van der Waals surface area contributed by atoms with Gasteiger partial charge in [0.25, 0.3) is 5.91 Å². The summed E-state index contributed by atoms with van der Waals surface area (Å²) in [5.41, 5.74) is 8.66. The maximum absolute atomic E-state index is 11.8. The zero-order valence-corrected chi connectivity index (χ0v) is 16.5. The summed E-state index contributed by atoms with van der Waals surface area (Å²) in [6, 6.07) is 7.58. The zero-order valence-electron chi connectivity index (χ0n) is 16.5. The standard InChI is InChI=1S/C20H20N6O4/c1-12-4-3-5-13(6-12)19-18(20(21)27)24-16(30-19)7-14-8-22-26(25-14)9-17-23-15(10-28-2)11-29-17/h3-6,8,11H,7,9-10H2,1-2H3,(H2,21,27). The predicted octanol–water partition coefficient (Wildman–Crippen LogP) is 2.11. The first-order valence-electron chi connectivity index (χ1n) is 9.19. The molecule has 0 unspecified atom stereocenters. The lowest BCUT2D eigenvalue weighted by Crippen LogP contribution is -2.12. The highest BCUT2D eigenvalue weighted by Crippen LogP contribution is 2.26. The number of hydrogen-bond donors (Lipinski definition) is 1.